The molecule has 0 radical (unpaired) electrons. The minimum atomic E-state index is -0.475. The van der Waals surface area contributed by atoms with Crippen LogP contribution in [0.3, 0.4) is 0 Å². The van der Waals surface area contributed by atoms with Crippen LogP contribution in [-0.2, 0) is 4.74 Å². The van der Waals surface area contributed by atoms with Crippen LogP contribution < -0.4 is 4.90 Å². The van der Waals surface area contributed by atoms with E-state index < -0.39 is 5.60 Å². The van der Waals surface area contributed by atoms with Crippen molar-refractivity contribution in [1.82, 2.24) is 4.90 Å². The molecule has 122 valence electrons. The highest BCUT2D eigenvalue weighted by Crippen LogP contribution is 2.20. The Labute approximate surface area is 131 Å². The number of hydrogen-bond acceptors (Lipinski definition) is 3. The number of nitrogens with zero attached hydrogens (tertiary/aromatic N) is 2. The first-order valence-corrected chi connectivity index (χ1v) is 7.75. The van der Waals surface area contributed by atoms with E-state index in [9.17, 15) is 9.18 Å². The van der Waals surface area contributed by atoms with Crippen molar-refractivity contribution in [2.24, 2.45) is 0 Å². The van der Waals surface area contributed by atoms with Gasteiger partial charge < -0.3 is 14.5 Å². The number of anilines is 1. The third kappa shape index (κ3) is 4.36. The molecular formula is C17H25FN2O2. The summed E-state index contributed by atoms with van der Waals surface area (Å²) in [6.07, 6.45) is 0.611. The largest absolute Gasteiger partial charge is 0.444 e. The number of amides is 1. The van der Waals surface area contributed by atoms with E-state index in [-0.39, 0.29) is 11.9 Å². The number of benzene rings is 1. The molecule has 1 saturated heterocycles. The molecule has 4 nitrogen and oxygen atoms in total. The normalized spacial score (nSPS) is 16.4. The molecule has 1 aromatic carbocycles. The van der Waals surface area contributed by atoms with Crippen LogP contribution in [0, 0.1) is 12.7 Å². The molecule has 0 N–H and O–H groups in total. The van der Waals surface area contributed by atoms with Crippen molar-refractivity contribution in [3.63, 3.8) is 0 Å². The van der Waals surface area contributed by atoms with Crippen LogP contribution in [0.5, 0.6) is 0 Å². The van der Waals surface area contributed by atoms with Crippen molar-refractivity contribution >= 4 is 11.8 Å². The number of hydrogen-bond donors (Lipinski definition) is 0. The van der Waals surface area contributed by atoms with Gasteiger partial charge in [-0.1, -0.05) is 0 Å². The van der Waals surface area contributed by atoms with Gasteiger partial charge in [0.2, 0.25) is 0 Å². The minimum Gasteiger partial charge on any atom is -0.444 e. The van der Waals surface area contributed by atoms with E-state index in [1.54, 1.807) is 17.9 Å². The lowest BCUT2D eigenvalue weighted by atomic mass is 10.2. The summed E-state index contributed by atoms with van der Waals surface area (Å²) in [6, 6.07) is 5.16. The smallest absolute Gasteiger partial charge is 0.410 e. The maximum Gasteiger partial charge on any atom is 0.410 e. The molecule has 1 amide bonds. The van der Waals surface area contributed by atoms with Crippen molar-refractivity contribution in [3.8, 4) is 0 Å². The summed E-state index contributed by atoms with van der Waals surface area (Å²) in [5.41, 5.74) is 1.17. The average Bonchev–Trinajstić information content (AvgIpc) is 2.66. The molecule has 1 aliphatic heterocycles. The van der Waals surface area contributed by atoms with Gasteiger partial charge >= 0.3 is 6.09 Å². The zero-order chi connectivity index (χ0) is 16.3. The van der Waals surface area contributed by atoms with Gasteiger partial charge in [-0.25, -0.2) is 9.18 Å². The van der Waals surface area contributed by atoms with Gasteiger partial charge in [0.25, 0.3) is 0 Å². The Morgan fingerprint density at radius 3 is 2.55 bits per heavy atom. The van der Waals surface area contributed by atoms with E-state index in [2.05, 4.69) is 4.90 Å². The van der Waals surface area contributed by atoms with Crippen LogP contribution in [0.1, 0.15) is 32.8 Å². The van der Waals surface area contributed by atoms with Crippen molar-refractivity contribution in [2.75, 3.05) is 31.1 Å². The Balaban J connectivity index is 2.00. The van der Waals surface area contributed by atoms with Crippen LogP contribution in [0.2, 0.25) is 0 Å². The summed E-state index contributed by atoms with van der Waals surface area (Å²) in [7, 11) is 0. The van der Waals surface area contributed by atoms with Crippen molar-refractivity contribution in [2.45, 2.75) is 39.7 Å². The van der Waals surface area contributed by atoms with Gasteiger partial charge in [-0.2, -0.15) is 0 Å². The maximum atomic E-state index is 13.4. The van der Waals surface area contributed by atoms with Gasteiger partial charge in [0.1, 0.15) is 11.4 Å². The molecule has 0 bridgehead atoms. The van der Waals surface area contributed by atoms with E-state index in [4.69, 9.17) is 4.74 Å². The lowest BCUT2D eigenvalue weighted by molar-refractivity contribution is 0.0263. The molecule has 1 aromatic rings. The Morgan fingerprint density at radius 1 is 1.18 bits per heavy atom. The van der Waals surface area contributed by atoms with E-state index in [1.165, 1.54) is 6.07 Å². The first-order chi connectivity index (χ1) is 10.3. The summed E-state index contributed by atoms with van der Waals surface area (Å²) in [5.74, 6) is -0.186. The zero-order valence-electron chi connectivity index (χ0n) is 13.9. The highest BCUT2D eigenvalue weighted by Gasteiger charge is 2.24. The van der Waals surface area contributed by atoms with Gasteiger partial charge in [-0.05, 0) is 57.9 Å². The second-order valence-corrected chi connectivity index (χ2v) is 6.74. The number of carbonyl (C=O) groups excluding carboxylic acids is 1. The summed E-state index contributed by atoms with van der Waals surface area (Å²) in [5, 5.41) is 0. The van der Waals surface area contributed by atoms with Gasteiger partial charge in [0.15, 0.2) is 0 Å². The molecule has 0 aliphatic carbocycles. The van der Waals surface area contributed by atoms with Crippen LogP contribution in [0.15, 0.2) is 18.2 Å². The molecule has 0 unspecified atom stereocenters. The topological polar surface area (TPSA) is 32.8 Å². The minimum absolute atomic E-state index is 0.186. The number of ether oxygens (including phenoxy) is 1. The number of carbonyl (C=O) groups is 1. The third-order valence-corrected chi connectivity index (χ3v) is 3.65. The molecular weight excluding hydrogens is 283 g/mol. The molecule has 0 atom stereocenters. The number of rotatable bonds is 1. The maximum absolute atomic E-state index is 13.4. The van der Waals surface area contributed by atoms with Crippen LogP contribution >= 0.6 is 0 Å². The molecule has 1 fully saturated rings. The Morgan fingerprint density at radius 2 is 1.91 bits per heavy atom. The molecule has 2 rings (SSSR count). The first kappa shape index (κ1) is 16.6. The summed E-state index contributed by atoms with van der Waals surface area (Å²) >= 11 is 0. The molecule has 0 spiro atoms. The van der Waals surface area contributed by atoms with Crippen molar-refractivity contribution in [3.05, 3.63) is 29.6 Å². The number of aryl methyl sites for hydroxylation is 1. The Bertz CT molecular complexity index is 540. The molecule has 22 heavy (non-hydrogen) atoms. The van der Waals surface area contributed by atoms with E-state index in [1.807, 2.05) is 26.8 Å². The monoisotopic (exact) mass is 308 g/mol. The predicted octanol–water partition coefficient (Wildman–Crippen LogP) is 3.58. The third-order valence-electron chi connectivity index (χ3n) is 3.65. The molecule has 0 saturated carbocycles. The predicted molar refractivity (Wildman–Crippen MR) is 85.8 cm³/mol. The van der Waals surface area contributed by atoms with Gasteiger partial charge in [0.05, 0.1) is 0 Å². The second-order valence-electron chi connectivity index (χ2n) is 6.74. The van der Waals surface area contributed by atoms with Gasteiger partial charge in [-0.3, -0.25) is 0 Å². The summed E-state index contributed by atoms with van der Waals surface area (Å²) in [4.78, 5) is 16.1. The zero-order valence-corrected chi connectivity index (χ0v) is 13.9. The van der Waals surface area contributed by atoms with Gasteiger partial charge in [-0.15, -0.1) is 0 Å². The lowest BCUT2D eigenvalue weighted by Crippen LogP contribution is -2.39. The fourth-order valence-electron chi connectivity index (χ4n) is 2.51. The Kier molecular flexibility index (Phi) is 4.94. The highest BCUT2D eigenvalue weighted by atomic mass is 19.1. The molecule has 1 aliphatic rings. The molecule has 0 aromatic heterocycles. The standard InChI is InChI=1S/C17H25FN2O2/c1-13-12-14(6-7-15(13)18)19-8-5-9-20(11-10-19)16(21)22-17(2,3)4/h6-7,12H,5,8-11H2,1-4H3. The van der Waals surface area contributed by atoms with Gasteiger partial charge in [0, 0.05) is 31.9 Å². The quantitative estimate of drug-likeness (QED) is 0.795. The molecule has 1 heterocycles. The summed E-state index contributed by atoms with van der Waals surface area (Å²) in [6.45, 7) is 10.3. The SMILES string of the molecule is Cc1cc(N2CCCN(C(=O)OC(C)(C)C)CC2)ccc1F. The fourth-order valence-corrected chi connectivity index (χ4v) is 2.51. The van der Waals surface area contributed by atoms with E-state index >= 15 is 0 Å². The van der Waals surface area contributed by atoms with E-state index in [0.717, 1.165) is 25.2 Å². The Hall–Kier alpha value is -1.78. The molecule has 5 heteroatoms. The fraction of sp³-hybridized carbons (Fsp3) is 0.588. The highest BCUT2D eigenvalue weighted by molar-refractivity contribution is 5.68. The lowest BCUT2D eigenvalue weighted by Gasteiger charge is -2.27. The second kappa shape index (κ2) is 6.55. The van der Waals surface area contributed by atoms with Crippen LogP contribution in [-0.4, -0.2) is 42.8 Å². The van der Waals surface area contributed by atoms with Crippen LogP contribution in [0.4, 0.5) is 14.9 Å². The first-order valence-electron chi connectivity index (χ1n) is 7.75. The summed E-state index contributed by atoms with van der Waals surface area (Å²) < 4.78 is 18.8. The van der Waals surface area contributed by atoms with Crippen LogP contribution in [0.25, 0.3) is 0 Å². The number of halogens is 1. The van der Waals surface area contributed by atoms with Crippen molar-refractivity contribution in [1.29, 1.82) is 0 Å². The average molecular weight is 308 g/mol. The van der Waals surface area contributed by atoms with E-state index in [0.29, 0.717) is 18.7 Å². The van der Waals surface area contributed by atoms with Crippen molar-refractivity contribution < 1.29 is 13.9 Å².